The first-order chi connectivity index (χ1) is 12.7. The van der Waals surface area contributed by atoms with Gasteiger partial charge in [0.25, 0.3) is 0 Å². The molecule has 1 aromatic rings. The van der Waals surface area contributed by atoms with Crippen molar-refractivity contribution < 1.29 is 14.2 Å². The second-order valence-corrected chi connectivity index (χ2v) is 6.83. The summed E-state index contributed by atoms with van der Waals surface area (Å²) in [4.78, 5) is 4.72. The summed E-state index contributed by atoms with van der Waals surface area (Å²) >= 11 is 0. The summed E-state index contributed by atoms with van der Waals surface area (Å²) in [7, 11) is 5.06. The number of ether oxygens (including phenoxy) is 3. The van der Waals surface area contributed by atoms with Crippen LogP contribution in [-0.2, 0) is 11.3 Å². The average molecular weight is 491 g/mol. The molecule has 1 saturated carbocycles. The second-order valence-electron chi connectivity index (χ2n) is 6.83. The Balaban J connectivity index is 0.00000364. The number of rotatable bonds is 10. The molecule has 2 rings (SSSR count). The molecule has 0 bridgehead atoms. The van der Waals surface area contributed by atoms with Gasteiger partial charge in [0.2, 0.25) is 0 Å². The maximum absolute atomic E-state index is 5.37. The minimum atomic E-state index is 0. The number of hydrogen-bond acceptors (Lipinski definition) is 4. The van der Waals surface area contributed by atoms with E-state index in [1.165, 1.54) is 19.3 Å². The normalized spacial score (nSPS) is 15.3. The molecule has 0 aliphatic heterocycles. The molecular weight excluding hydrogens is 457 g/mol. The number of nitrogens with one attached hydrogen (secondary N) is 2. The van der Waals surface area contributed by atoms with Gasteiger partial charge in [-0.15, -0.1) is 24.0 Å². The molecule has 0 heterocycles. The third-order valence-corrected chi connectivity index (χ3v) is 5.09. The third kappa shape index (κ3) is 7.03. The summed E-state index contributed by atoms with van der Waals surface area (Å²) in [6, 6.07) is 5.90. The molecule has 1 aromatic carbocycles. The summed E-state index contributed by atoms with van der Waals surface area (Å²) in [5.74, 6) is 2.31. The van der Waals surface area contributed by atoms with E-state index < -0.39 is 0 Å². The second kappa shape index (κ2) is 12.3. The van der Waals surface area contributed by atoms with Crippen LogP contribution < -0.4 is 20.1 Å². The van der Waals surface area contributed by atoms with Gasteiger partial charge in [-0.2, -0.15) is 0 Å². The highest BCUT2D eigenvalue weighted by Crippen LogP contribution is 2.43. The van der Waals surface area contributed by atoms with Gasteiger partial charge in [-0.05, 0) is 49.3 Å². The number of aliphatic imine (C=N–C) groups is 1. The topological polar surface area (TPSA) is 64.1 Å². The third-order valence-electron chi connectivity index (χ3n) is 5.09. The SMILES string of the molecule is CCNC(=NCc1ccc(OC)c(OC)c1)NCC1(CCOC)CCC1.I. The van der Waals surface area contributed by atoms with Crippen LogP contribution in [0.2, 0.25) is 0 Å². The average Bonchev–Trinajstić information content (AvgIpc) is 2.64. The quantitative estimate of drug-likeness (QED) is 0.298. The van der Waals surface area contributed by atoms with E-state index in [2.05, 4.69) is 17.6 Å². The van der Waals surface area contributed by atoms with Crippen molar-refractivity contribution in [2.45, 2.75) is 39.2 Å². The predicted octanol–water partition coefficient (Wildman–Crippen LogP) is 3.58. The summed E-state index contributed by atoms with van der Waals surface area (Å²) < 4.78 is 15.9. The van der Waals surface area contributed by atoms with Crippen LogP contribution in [0.1, 0.15) is 38.2 Å². The first-order valence-electron chi connectivity index (χ1n) is 9.38. The van der Waals surface area contributed by atoms with Gasteiger partial charge in [0.15, 0.2) is 17.5 Å². The van der Waals surface area contributed by atoms with E-state index in [0.717, 1.165) is 49.1 Å². The number of halogens is 1. The van der Waals surface area contributed by atoms with Crippen molar-refractivity contribution in [1.29, 1.82) is 0 Å². The molecule has 154 valence electrons. The molecule has 1 fully saturated rings. The highest BCUT2D eigenvalue weighted by molar-refractivity contribution is 14.0. The van der Waals surface area contributed by atoms with E-state index in [-0.39, 0.29) is 24.0 Å². The van der Waals surface area contributed by atoms with Gasteiger partial charge in [0.05, 0.1) is 20.8 Å². The molecule has 6 nitrogen and oxygen atoms in total. The molecule has 0 amide bonds. The minimum absolute atomic E-state index is 0. The fourth-order valence-corrected chi connectivity index (χ4v) is 3.27. The van der Waals surface area contributed by atoms with Crippen LogP contribution in [0.5, 0.6) is 11.5 Å². The number of hydrogen-bond donors (Lipinski definition) is 2. The summed E-state index contributed by atoms with van der Waals surface area (Å²) in [6.07, 6.45) is 4.94. The van der Waals surface area contributed by atoms with Gasteiger partial charge in [-0.25, -0.2) is 4.99 Å². The van der Waals surface area contributed by atoms with E-state index >= 15 is 0 Å². The molecule has 0 spiro atoms. The van der Waals surface area contributed by atoms with Gasteiger partial charge in [-0.3, -0.25) is 0 Å². The van der Waals surface area contributed by atoms with E-state index in [9.17, 15) is 0 Å². The molecule has 1 aliphatic carbocycles. The maximum atomic E-state index is 5.37. The zero-order valence-corrected chi connectivity index (χ0v) is 19.3. The molecule has 0 atom stereocenters. The van der Waals surface area contributed by atoms with Crippen LogP contribution >= 0.6 is 24.0 Å². The van der Waals surface area contributed by atoms with Crippen molar-refractivity contribution in [2.75, 3.05) is 41.0 Å². The molecule has 2 N–H and O–H groups in total. The van der Waals surface area contributed by atoms with Gasteiger partial charge < -0.3 is 24.8 Å². The van der Waals surface area contributed by atoms with E-state index in [1.807, 2.05) is 18.2 Å². The number of methoxy groups -OCH3 is 3. The molecule has 1 aliphatic rings. The summed E-state index contributed by atoms with van der Waals surface area (Å²) in [6.45, 7) is 5.26. The van der Waals surface area contributed by atoms with Crippen molar-refractivity contribution in [3.05, 3.63) is 23.8 Å². The van der Waals surface area contributed by atoms with Crippen LogP contribution in [0.4, 0.5) is 0 Å². The number of benzene rings is 1. The van der Waals surface area contributed by atoms with Crippen LogP contribution in [0.25, 0.3) is 0 Å². The van der Waals surface area contributed by atoms with Crippen molar-refractivity contribution >= 4 is 29.9 Å². The Labute approximate surface area is 180 Å². The lowest BCUT2D eigenvalue weighted by Crippen LogP contribution is -2.46. The molecule has 0 radical (unpaired) electrons. The van der Waals surface area contributed by atoms with Gasteiger partial charge >= 0.3 is 0 Å². The van der Waals surface area contributed by atoms with Gasteiger partial charge in [-0.1, -0.05) is 12.5 Å². The number of nitrogens with zero attached hydrogens (tertiary/aromatic N) is 1. The van der Waals surface area contributed by atoms with Crippen molar-refractivity contribution in [3.8, 4) is 11.5 Å². The maximum Gasteiger partial charge on any atom is 0.191 e. The van der Waals surface area contributed by atoms with E-state index in [0.29, 0.717) is 12.0 Å². The molecule has 0 unspecified atom stereocenters. The number of guanidine groups is 1. The Hall–Kier alpha value is -1.22. The fourth-order valence-electron chi connectivity index (χ4n) is 3.27. The summed E-state index contributed by atoms with van der Waals surface area (Å²) in [5.41, 5.74) is 1.44. The van der Waals surface area contributed by atoms with Crippen molar-refractivity contribution in [2.24, 2.45) is 10.4 Å². The Bertz CT molecular complexity index is 592. The van der Waals surface area contributed by atoms with Crippen LogP contribution in [-0.4, -0.2) is 47.0 Å². The summed E-state index contributed by atoms with van der Waals surface area (Å²) in [5, 5.41) is 6.85. The van der Waals surface area contributed by atoms with Gasteiger partial charge in [0.1, 0.15) is 0 Å². The monoisotopic (exact) mass is 491 g/mol. The van der Waals surface area contributed by atoms with Crippen LogP contribution in [0.15, 0.2) is 23.2 Å². The zero-order chi connectivity index (χ0) is 18.8. The molecular formula is C20H34IN3O3. The molecule has 0 aromatic heterocycles. The molecule has 0 saturated heterocycles. The highest BCUT2D eigenvalue weighted by atomic mass is 127. The highest BCUT2D eigenvalue weighted by Gasteiger charge is 2.36. The Kier molecular flexibility index (Phi) is 10.8. The van der Waals surface area contributed by atoms with E-state index in [1.54, 1.807) is 21.3 Å². The lowest BCUT2D eigenvalue weighted by Gasteiger charge is -2.42. The van der Waals surface area contributed by atoms with Crippen molar-refractivity contribution in [1.82, 2.24) is 10.6 Å². The lowest BCUT2D eigenvalue weighted by atomic mass is 9.67. The van der Waals surface area contributed by atoms with E-state index in [4.69, 9.17) is 19.2 Å². The largest absolute Gasteiger partial charge is 0.493 e. The minimum Gasteiger partial charge on any atom is -0.493 e. The fraction of sp³-hybridized carbons (Fsp3) is 0.650. The standard InChI is InChI=1S/C20H33N3O3.HI/c1-5-21-19(23-15-20(9-6-10-20)11-12-24-2)22-14-16-7-8-17(25-3)18(13-16)26-4;/h7-8,13H,5-6,9-12,14-15H2,1-4H3,(H2,21,22,23);1H. The van der Waals surface area contributed by atoms with Gasteiger partial charge in [0, 0.05) is 26.8 Å². The Morgan fingerprint density at radius 2 is 1.85 bits per heavy atom. The zero-order valence-electron chi connectivity index (χ0n) is 17.0. The molecule has 27 heavy (non-hydrogen) atoms. The van der Waals surface area contributed by atoms with Crippen LogP contribution in [0.3, 0.4) is 0 Å². The van der Waals surface area contributed by atoms with Crippen molar-refractivity contribution in [3.63, 3.8) is 0 Å². The Morgan fingerprint density at radius 1 is 1.11 bits per heavy atom. The first-order valence-corrected chi connectivity index (χ1v) is 9.38. The smallest absolute Gasteiger partial charge is 0.191 e. The molecule has 7 heteroatoms. The first kappa shape index (κ1) is 23.8. The van der Waals surface area contributed by atoms with Crippen LogP contribution in [0, 0.1) is 5.41 Å². The Morgan fingerprint density at radius 3 is 2.41 bits per heavy atom. The lowest BCUT2D eigenvalue weighted by molar-refractivity contribution is 0.0732. The predicted molar refractivity (Wildman–Crippen MR) is 121 cm³/mol.